The van der Waals surface area contributed by atoms with Crippen LogP contribution in [0.3, 0.4) is 0 Å². The predicted octanol–water partition coefficient (Wildman–Crippen LogP) is 3.59. The number of likely N-dealkylation sites (N-methyl/N-ethyl adjacent to an activating group) is 1. The van der Waals surface area contributed by atoms with Crippen molar-refractivity contribution in [2.45, 2.75) is 63.6 Å². The molecule has 100 valence electrons. The first kappa shape index (κ1) is 13.8. The second-order valence-electron chi connectivity index (χ2n) is 5.60. The van der Waals surface area contributed by atoms with Crippen molar-refractivity contribution < 1.29 is 4.74 Å². The van der Waals surface area contributed by atoms with Crippen molar-refractivity contribution in [3.63, 3.8) is 0 Å². The van der Waals surface area contributed by atoms with E-state index in [0.29, 0.717) is 6.10 Å². The summed E-state index contributed by atoms with van der Waals surface area (Å²) in [7, 11) is 0. The molecule has 0 aromatic heterocycles. The zero-order chi connectivity index (χ0) is 12.1. The highest BCUT2D eigenvalue weighted by molar-refractivity contribution is 9.09. The summed E-state index contributed by atoms with van der Waals surface area (Å²) < 4.78 is 6.41. The first-order chi connectivity index (χ1) is 8.28. The molecule has 1 aliphatic heterocycles. The van der Waals surface area contributed by atoms with Gasteiger partial charge < -0.3 is 9.64 Å². The molecule has 2 fully saturated rings. The van der Waals surface area contributed by atoms with Crippen LogP contribution in [0.5, 0.6) is 0 Å². The lowest BCUT2D eigenvalue weighted by Crippen LogP contribution is -2.37. The van der Waals surface area contributed by atoms with Gasteiger partial charge in [-0.1, -0.05) is 42.1 Å². The van der Waals surface area contributed by atoms with E-state index in [9.17, 15) is 0 Å². The van der Waals surface area contributed by atoms with E-state index in [0.717, 1.165) is 25.0 Å². The first-order valence-electron chi connectivity index (χ1n) is 7.24. The number of hydrogen-bond donors (Lipinski definition) is 0. The number of alkyl halides is 1. The van der Waals surface area contributed by atoms with Crippen LogP contribution >= 0.6 is 15.9 Å². The van der Waals surface area contributed by atoms with E-state index in [1.54, 1.807) is 0 Å². The fraction of sp³-hybridized carbons (Fsp3) is 1.00. The quantitative estimate of drug-likeness (QED) is 0.720. The lowest BCUT2D eigenvalue weighted by Gasteiger charge is -2.34. The van der Waals surface area contributed by atoms with Gasteiger partial charge in [0.15, 0.2) is 0 Å². The summed E-state index contributed by atoms with van der Waals surface area (Å²) in [6.45, 7) is 5.65. The van der Waals surface area contributed by atoms with E-state index in [4.69, 9.17) is 4.74 Å². The minimum absolute atomic E-state index is 0.288. The molecule has 1 spiro atoms. The molecule has 17 heavy (non-hydrogen) atoms. The van der Waals surface area contributed by atoms with Crippen molar-refractivity contribution >= 4 is 15.9 Å². The Hall–Kier alpha value is 0.400. The maximum absolute atomic E-state index is 6.41. The molecule has 0 radical (unpaired) electrons. The van der Waals surface area contributed by atoms with Gasteiger partial charge in [-0.15, -0.1) is 0 Å². The number of halogens is 1. The third kappa shape index (κ3) is 3.68. The Morgan fingerprint density at radius 3 is 2.65 bits per heavy atom. The van der Waals surface area contributed by atoms with E-state index in [2.05, 4.69) is 27.8 Å². The van der Waals surface area contributed by atoms with Crippen LogP contribution < -0.4 is 0 Å². The Labute approximate surface area is 114 Å². The SMILES string of the molecule is CCN(CCBr)CC1CCC2(CCCCC2)O1. The summed E-state index contributed by atoms with van der Waals surface area (Å²) in [5.74, 6) is 0. The van der Waals surface area contributed by atoms with Gasteiger partial charge in [-0.05, 0) is 32.2 Å². The lowest BCUT2D eigenvalue weighted by atomic mass is 9.83. The van der Waals surface area contributed by atoms with Gasteiger partial charge in [-0.3, -0.25) is 0 Å². The Morgan fingerprint density at radius 2 is 2.00 bits per heavy atom. The third-order valence-corrected chi connectivity index (χ3v) is 4.77. The van der Waals surface area contributed by atoms with Crippen molar-refractivity contribution in [3.05, 3.63) is 0 Å². The van der Waals surface area contributed by atoms with Gasteiger partial charge in [0.05, 0.1) is 11.7 Å². The van der Waals surface area contributed by atoms with E-state index in [1.165, 1.54) is 44.9 Å². The number of ether oxygens (including phenoxy) is 1. The van der Waals surface area contributed by atoms with Crippen LogP contribution in [0.4, 0.5) is 0 Å². The van der Waals surface area contributed by atoms with E-state index < -0.39 is 0 Å². The summed E-state index contributed by atoms with van der Waals surface area (Å²) >= 11 is 3.53. The van der Waals surface area contributed by atoms with E-state index in [-0.39, 0.29) is 5.60 Å². The third-order valence-electron chi connectivity index (χ3n) is 4.41. The minimum Gasteiger partial charge on any atom is -0.370 e. The largest absolute Gasteiger partial charge is 0.370 e. The van der Waals surface area contributed by atoms with Crippen LogP contribution in [-0.2, 0) is 4.74 Å². The van der Waals surface area contributed by atoms with Crippen LogP contribution in [0.25, 0.3) is 0 Å². The fourth-order valence-electron chi connectivity index (χ4n) is 3.37. The molecule has 3 heteroatoms. The monoisotopic (exact) mass is 303 g/mol. The Bertz CT molecular complexity index is 228. The summed E-state index contributed by atoms with van der Waals surface area (Å²) in [5.41, 5.74) is 0.288. The molecule has 1 aliphatic carbocycles. The van der Waals surface area contributed by atoms with Gasteiger partial charge in [-0.2, -0.15) is 0 Å². The van der Waals surface area contributed by atoms with Crippen LogP contribution in [0.2, 0.25) is 0 Å². The zero-order valence-corrected chi connectivity index (χ0v) is 12.7. The summed E-state index contributed by atoms with van der Waals surface area (Å²) in [4.78, 5) is 2.50. The molecule has 1 saturated carbocycles. The Kier molecular flexibility index (Phi) is 5.31. The average Bonchev–Trinajstić information content (AvgIpc) is 2.72. The fourth-order valence-corrected chi connectivity index (χ4v) is 3.88. The standard InChI is InChI=1S/C14H26BrNO/c1-2-16(11-10-15)12-13-6-9-14(17-13)7-4-3-5-8-14/h13H,2-12H2,1H3. The van der Waals surface area contributed by atoms with Crippen LogP contribution in [0, 0.1) is 0 Å². The normalized spacial score (nSPS) is 28.1. The van der Waals surface area contributed by atoms with Crippen molar-refractivity contribution in [2.24, 2.45) is 0 Å². The average molecular weight is 304 g/mol. The molecule has 2 nitrogen and oxygen atoms in total. The van der Waals surface area contributed by atoms with Crippen LogP contribution in [0.15, 0.2) is 0 Å². The molecule has 0 N–H and O–H groups in total. The number of rotatable bonds is 5. The molecule has 1 heterocycles. The topological polar surface area (TPSA) is 12.5 Å². The molecule has 2 rings (SSSR count). The molecular weight excluding hydrogens is 278 g/mol. The summed E-state index contributed by atoms with van der Waals surface area (Å²) in [6, 6.07) is 0. The van der Waals surface area contributed by atoms with E-state index >= 15 is 0 Å². The van der Waals surface area contributed by atoms with Gasteiger partial charge >= 0.3 is 0 Å². The minimum atomic E-state index is 0.288. The highest BCUT2D eigenvalue weighted by Crippen LogP contribution is 2.41. The second kappa shape index (κ2) is 6.53. The molecule has 1 unspecified atom stereocenters. The first-order valence-corrected chi connectivity index (χ1v) is 8.36. The molecule has 1 saturated heterocycles. The van der Waals surface area contributed by atoms with Crippen molar-refractivity contribution in [3.8, 4) is 0 Å². The zero-order valence-electron chi connectivity index (χ0n) is 11.1. The van der Waals surface area contributed by atoms with E-state index in [1.807, 2.05) is 0 Å². The van der Waals surface area contributed by atoms with Gasteiger partial charge in [-0.25, -0.2) is 0 Å². The smallest absolute Gasteiger partial charge is 0.0710 e. The highest BCUT2D eigenvalue weighted by atomic mass is 79.9. The summed E-state index contributed by atoms with van der Waals surface area (Å²) in [5, 5.41) is 1.07. The van der Waals surface area contributed by atoms with Gasteiger partial charge in [0.25, 0.3) is 0 Å². The Balaban J connectivity index is 1.80. The summed E-state index contributed by atoms with van der Waals surface area (Å²) in [6.07, 6.45) is 9.88. The van der Waals surface area contributed by atoms with Gasteiger partial charge in [0.2, 0.25) is 0 Å². The molecule has 0 aromatic carbocycles. The second-order valence-corrected chi connectivity index (χ2v) is 6.40. The molecule has 1 atom stereocenters. The molecular formula is C14H26BrNO. The predicted molar refractivity (Wildman–Crippen MR) is 75.8 cm³/mol. The molecule has 0 bridgehead atoms. The maximum atomic E-state index is 6.41. The maximum Gasteiger partial charge on any atom is 0.0710 e. The highest BCUT2D eigenvalue weighted by Gasteiger charge is 2.40. The Morgan fingerprint density at radius 1 is 1.24 bits per heavy atom. The molecule has 0 amide bonds. The van der Waals surface area contributed by atoms with Crippen LogP contribution in [-0.4, -0.2) is 41.6 Å². The van der Waals surface area contributed by atoms with Gasteiger partial charge in [0.1, 0.15) is 0 Å². The van der Waals surface area contributed by atoms with Crippen LogP contribution in [0.1, 0.15) is 51.9 Å². The lowest BCUT2D eigenvalue weighted by molar-refractivity contribution is -0.0711. The van der Waals surface area contributed by atoms with Crippen molar-refractivity contribution in [2.75, 3.05) is 25.0 Å². The number of hydrogen-bond acceptors (Lipinski definition) is 2. The number of nitrogens with zero attached hydrogens (tertiary/aromatic N) is 1. The van der Waals surface area contributed by atoms with Crippen molar-refractivity contribution in [1.29, 1.82) is 0 Å². The molecule has 0 aromatic rings. The molecule has 2 aliphatic rings. The van der Waals surface area contributed by atoms with Gasteiger partial charge in [0, 0.05) is 18.4 Å². The van der Waals surface area contributed by atoms with Crippen molar-refractivity contribution in [1.82, 2.24) is 4.90 Å².